The number of thioether (sulfide) groups is 1. The predicted octanol–water partition coefficient (Wildman–Crippen LogP) is 0.953. The number of tetrazole rings is 1. The second-order valence-corrected chi connectivity index (χ2v) is 4.64. The summed E-state index contributed by atoms with van der Waals surface area (Å²) in [7, 11) is 0. The van der Waals surface area contributed by atoms with Crippen LogP contribution in [0.25, 0.3) is 0 Å². The summed E-state index contributed by atoms with van der Waals surface area (Å²) in [6.07, 6.45) is 2.76. The Morgan fingerprint density at radius 3 is 3.17 bits per heavy atom. The van der Waals surface area contributed by atoms with Gasteiger partial charge in [0.15, 0.2) is 0 Å². The van der Waals surface area contributed by atoms with Crippen molar-refractivity contribution < 1.29 is 4.52 Å². The Labute approximate surface area is 109 Å². The molecule has 2 heterocycles. The fourth-order valence-electron chi connectivity index (χ4n) is 1.38. The number of nitrogens with zero attached hydrogens (tertiary/aromatic N) is 5. The van der Waals surface area contributed by atoms with Crippen LogP contribution in [0.2, 0.25) is 0 Å². The highest BCUT2D eigenvalue weighted by atomic mass is 32.2. The quantitative estimate of drug-likeness (QED) is 0.564. The number of hydrogen-bond acceptors (Lipinski definition) is 7. The molecule has 2 aromatic rings. The molecule has 0 fully saturated rings. The SMILES string of the molecule is CCCNCCn1nnnc1SCc1ccno1. The van der Waals surface area contributed by atoms with Crippen LogP contribution in [0.3, 0.4) is 0 Å². The Kier molecular flexibility index (Phi) is 5.15. The molecule has 0 spiro atoms. The molecule has 1 N–H and O–H groups in total. The number of hydrogen-bond donors (Lipinski definition) is 1. The van der Waals surface area contributed by atoms with Gasteiger partial charge >= 0.3 is 0 Å². The molecule has 0 aliphatic heterocycles. The van der Waals surface area contributed by atoms with E-state index in [4.69, 9.17) is 4.52 Å². The zero-order valence-corrected chi connectivity index (χ0v) is 11.1. The van der Waals surface area contributed by atoms with Gasteiger partial charge in [-0.1, -0.05) is 23.8 Å². The molecule has 0 aliphatic rings. The molecule has 0 unspecified atom stereocenters. The average molecular weight is 268 g/mol. The van der Waals surface area contributed by atoms with E-state index in [1.165, 1.54) is 0 Å². The molecule has 0 saturated carbocycles. The first kappa shape index (κ1) is 13.0. The monoisotopic (exact) mass is 268 g/mol. The molecular weight excluding hydrogens is 252 g/mol. The third kappa shape index (κ3) is 3.81. The molecule has 0 amide bonds. The van der Waals surface area contributed by atoms with Gasteiger partial charge in [0.25, 0.3) is 0 Å². The standard InChI is InChI=1S/C10H16N6OS/c1-2-4-11-6-7-16-10(13-14-15-16)18-8-9-3-5-12-17-9/h3,5,11H,2,4,6-8H2,1H3. The van der Waals surface area contributed by atoms with E-state index in [0.29, 0.717) is 5.75 Å². The van der Waals surface area contributed by atoms with E-state index in [1.807, 2.05) is 6.07 Å². The van der Waals surface area contributed by atoms with Crippen molar-refractivity contribution in [3.63, 3.8) is 0 Å². The third-order valence-corrected chi connectivity index (χ3v) is 3.24. The van der Waals surface area contributed by atoms with Gasteiger partial charge in [0.1, 0.15) is 5.76 Å². The second-order valence-electron chi connectivity index (χ2n) is 3.70. The Morgan fingerprint density at radius 2 is 2.39 bits per heavy atom. The summed E-state index contributed by atoms with van der Waals surface area (Å²) < 4.78 is 6.82. The van der Waals surface area contributed by atoms with Crippen LogP contribution in [0.15, 0.2) is 21.9 Å². The molecule has 18 heavy (non-hydrogen) atoms. The van der Waals surface area contributed by atoms with E-state index in [0.717, 1.165) is 37.0 Å². The van der Waals surface area contributed by atoms with E-state index in [2.05, 4.69) is 32.9 Å². The normalized spacial score (nSPS) is 10.9. The summed E-state index contributed by atoms with van der Waals surface area (Å²) in [4.78, 5) is 0. The number of aromatic nitrogens is 5. The average Bonchev–Trinajstić information content (AvgIpc) is 3.03. The molecule has 2 rings (SSSR count). The van der Waals surface area contributed by atoms with E-state index in [-0.39, 0.29) is 0 Å². The van der Waals surface area contributed by atoms with Crippen molar-refractivity contribution in [1.82, 2.24) is 30.7 Å². The van der Waals surface area contributed by atoms with Gasteiger partial charge in [0, 0.05) is 12.6 Å². The van der Waals surface area contributed by atoms with E-state index in [9.17, 15) is 0 Å². The first-order chi connectivity index (χ1) is 8.90. The third-order valence-electron chi connectivity index (χ3n) is 2.26. The Bertz CT molecular complexity index is 443. The summed E-state index contributed by atoms with van der Waals surface area (Å²) in [6, 6.07) is 1.84. The van der Waals surface area contributed by atoms with E-state index < -0.39 is 0 Å². The maximum atomic E-state index is 5.02. The highest BCUT2D eigenvalue weighted by Gasteiger charge is 2.08. The smallest absolute Gasteiger partial charge is 0.209 e. The van der Waals surface area contributed by atoms with Crippen molar-refractivity contribution in [2.24, 2.45) is 0 Å². The molecule has 0 atom stereocenters. The Balaban J connectivity index is 1.79. The first-order valence-electron chi connectivity index (χ1n) is 5.89. The number of nitrogens with one attached hydrogen (secondary N) is 1. The molecule has 0 bridgehead atoms. The lowest BCUT2D eigenvalue weighted by atomic mass is 10.5. The lowest BCUT2D eigenvalue weighted by Crippen LogP contribution is -2.21. The Hall–Kier alpha value is -1.41. The van der Waals surface area contributed by atoms with Crippen LogP contribution in [0, 0.1) is 0 Å². The van der Waals surface area contributed by atoms with Gasteiger partial charge in [-0.2, -0.15) is 0 Å². The van der Waals surface area contributed by atoms with Crippen LogP contribution in [0.5, 0.6) is 0 Å². The zero-order chi connectivity index (χ0) is 12.6. The van der Waals surface area contributed by atoms with Crippen LogP contribution < -0.4 is 5.32 Å². The minimum atomic E-state index is 0.683. The van der Waals surface area contributed by atoms with Gasteiger partial charge < -0.3 is 9.84 Å². The minimum absolute atomic E-state index is 0.683. The minimum Gasteiger partial charge on any atom is -0.361 e. The van der Waals surface area contributed by atoms with Crippen molar-refractivity contribution in [3.05, 3.63) is 18.0 Å². The molecule has 0 radical (unpaired) electrons. The lowest BCUT2D eigenvalue weighted by molar-refractivity contribution is 0.395. The molecule has 98 valence electrons. The fourth-order valence-corrected chi connectivity index (χ4v) is 2.17. The van der Waals surface area contributed by atoms with Gasteiger partial charge in [0.2, 0.25) is 5.16 Å². The summed E-state index contributed by atoms with van der Waals surface area (Å²) in [5.41, 5.74) is 0. The first-order valence-corrected chi connectivity index (χ1v) is 6.88. The van der Waals surface area contributed by atoms with Gasteiger partial charge in [-0.25, -0.2) is 4.68 Å². The highest BCUT2D eigenvalue weighted by molar-refractivity contribution is 7.98. The molecule has 0 aromatic carbocycles. The zero-order valence-electron chi connectivity index (χ0n) is 10.2. The van der Waals surface area contributed by atoms with Crippen LogP contribution in [-0.4, -0.2) is 38.5 Å². The van der Waals surface area contributed by atoms with E-state index >= 15 is 0 Å². The Morgan fingerprint density at radius 1 is 1.44 bits per heavy atom. The highest BCUT2D eigenvalue weighted by Crippen LogP contribution is 2.19. The maximum absolute atomic E-state index is 5.02. The van der Waals surface area contributed by atoms with Gasteiger partial charge in [-0.15, -0.1) is 5.10 Å². The van der Waals surface area contributed by atoms with Crippen molar-refractivity contribution in [3.8, 4) is 0 Å². The molecule has 7 nitrogen and oxygen atoms in total. The van der Waals surface area contributed by atoms with Crippen LogP contribution in [-0.2, 0) is 12.3 Å². The lowest BCUT2D eigenvalue weighted by Gasteiger charge is -2.04. The molecular formula is C10H16N6OS. The van der Waals surface area contributed by atoms with Crippen molar-refractivity contribution in [2.45, 2.75) is 30.8 Å². The largest absolute Gasteiger partial charge is 0.361 e. The molecule has 2 aromatic heterocycles. The summed E-state index contributed by atoms with van der Waals surface area (Å²) in [6.45, 7) is 4.80. The summed E-state index contributed by atoms with van der Waals surface area (Å²) >= 11 is 1.54. The van der Waals surface area contributed by atoms with E-state index in [1.54, 1.807) is 22.6 Å². The number of rotatable bonds is 8. The van der Waals surface area contributed by atoms with Gasteiger partial charge in [-0.05, 0) is 23.4 Å². The van der Waals surface area contributed by atoms with Crippen molar-refractivity contribution in [1.29, 1.82) is 0 Å². The van der Waals surface area contributed by atoms with Gasteiger partial charge in [0.05, 0.1) is 18.5 Å². The van der Waals surface area contributed by atoms with Crippen molar-refractivity contribution in [2.75, 3.05) is 13.1 Å². The predicted molar refractivity (Wildman–Crippen MR) is 67.0 cm³/mol. The maximum Gasteiger partial charge on any atom is 0.209 e. The van der Waals surface area contributed by atoms with Crippen molar-refractivity contribution >= 4 is 11.8 Å². The van der Waals surface area contributed by atoms with Gasteiger partial charge in [-0.3, -0.25) is 0 Å². The fraction of sp³-hybridized carbons (Fsp3) is 0.600. The van der Waals surface area contributed by atoms with Crippen LogP contribution in [0.4, 0.5) is 0 Å². The van der Waals surface area contributed by atoms with Crippen LogP contribution in [0.1, 0.15) is 19.1 Å². The topological polar surface area (TPSA) is 81.7 Å². The molecule has 0 aliphatic carbocycles. The molecule has 0 saturated heterocycles. The summed E-state index contributed by atoms with van der Waals surface area (Å²) in [5, 5.41) is 19.4. The second kappa shape index (κ2) is 7.12. The summed E-state index contributed by atoms with van der Waals surface area (Å²) in [5.74, 6) is 1.50. The molecule has 8 heteroatoms. The van der Waals surface area contributed by atoms with Crippen LogP contribution >= 0.6 is 11.8 Å².